The Morgan fingerprint density at radius 3 is 2.70 bits per heavy atom. The molecule has 0 aliphatic carbocycles. The Morgan fingerprint density at radius 1 is 1.45 bits per heavy atom. The van der Waals surface area contributed by atoms with Crippen LogP contribution in [0.2, 0.25) is 5.02 Å². The van der Waals surface area contributed by atoms with Crippen molar-refractivity contribution < 1.29 is 9.31 Å². The molecule has 20 heavy (non-hydrogen) atoms. The summed E-state index contributed by atoms with van der Waals surface area (Å²) in [5, 5.41) is 13.8. The Bertz CT molecular complexity index is 660. The summed E-state index contributed by atoms with van der Waals surface area (Å²) in [6, 6.07) is 5.87. The number of benzene rings is 1. The predicted octanol–water partition coefficient (Wildman–Crippen LogP) is 4.93. The SMILES string of the molecule is Cc1ccc(C(C)Nc2cc(Cl)c(F)cc2[N+](=O)[O-])s1. The number of aryl methyl sites for hydroxylation is 1. The molecule has 1 aromatic carbocycles. The number of halogens is 2. The van der Waals surface area contributed by atoms with Gasteiger partial charge in [-0.15, -0.1) is 11.3 Å². The zero-order chi connectivity index (χ0) is 14.9. The molecule has 0 aliphatic rings. The molecule has 1 N–H and O–H groups in total. The van der Waals surface area contributed by atoms with E-state index in [9.17, 15) is 14.5 Å². The van der Waals surface area contributed by atoms with Crippen molar-refractivity contribution in [3.8, 4) is 0 Å². The van der Waals surface area contributed by atoms with E-state index in [0.717, 1.165) is 15.8 Å². The third kappa shape index (κ3) is 3.08. The van der Waals surface area contributed by atoms with Gasteiger partial charge in [-0.1, -0.05) is 11.6 Å². The summed E-state index contributed by atoms with van der Waals surface area (Å²) < 4.78 is 13.3. The van der Waals surface area contributed by atoms with E-state index < -0.39 is 10.7 Å². The Morgan fingerprint density at radius 2 is 2.15 bits per heavy atom. The zero-order valence-electron chi connectivity index (χ0n) is 10.8. The molecule has 0 radical (unpaired) electrons. The first-order valence-electron chi connectivity index (χ1n) is 5.85. The average molecular weight is 315 g/mol. The number of thiophene rings is 1. The van der Waals surface area contributed by atoms with Gasteiger partial charge in [-0.2, -0.15) is 0 Å². The molecule has 2 aromatic rings. The van der Waals surface area contributed by atoms with Crippen molar-refractivity contribution in [1.82, 2.24) is 0 Å². The largest absolute Gasteiger partial charge is 0.372 e. The fourth-order valence-corrected chi connectivity index (χ4v) is 2.84. The molecular weight excluding hydrogens is 303 g/mol. The van der Waals surface area contributed by atoms with Crippen molar-refractivity contribution in [2.24, 2.45) is 0 Å². The van der Waals surface area contributed by atoms with E-state index in [1.54, 1.807) is 11.3 Å². The van der Waals surface area contributed by atoms with E-state index in [-0.39, 0.29) is 22.4 Å². The first-order valence-corrected chi connectivity index (χ1v) is 7.04. The molecule has 0 spiro atoms. The molecule has 0 saturated heterocycles. The number of hydrogen-bond acceptors (Lipinski definition) is 4. The third-order valence-corrected chi connectivity index (χ3v) is 4.27. The van der Waals surface area contributed by atoms with Gasteiger partial charge in [0.15, 0.2) is 0 Å². The van der Waals surface area contributed by atoms with Gasteiger partial charge in [-0.25, -0.2) is 4.39 Å². The van der Waals surface area contributed by atoms with Gasteiger partial charge in [-0.05, 0) is 32.0 Å². The third-order valence-electron chi connectivity index (χ3n) is 2.80. The summed E-state index contributed by atoms with van der Waals surface area (Å²) in [5.74, 6) is -0.802. The standard InChI is InChI=1S/C13H12ClFN2O2S/c1-7-3-4-13(20-7)8(2)16-11-5-9(14)10(15)6-12(11)17(18)19/h3-6,8,16H,1-2H3. The number of hydrogen-bond donors (Lipinski definition) is 1. The minimum atomic E-state index is -0.802. The fourth-order valence-electron chi connectivity index (χ4n) is 1.79. The molecule has 1 atom stereocenters. The lowest BCUT2D eigenvalue weighted by Gasteiger charge is -2.14. The highest BCUT2D eigenvalue weighted by Crippen LogP contribution is 2.34. The molecule has 0 saturated carbocycles. The highest BCUT2D eigenvalue weighted by molar-refractivity contribution is 7.12. The summed E-state index contributed by atoms with van der Waals surface area (Å²) in [6.07, 6.45) is 0. The van der Waals surface area contributed by atoms with Gasteiger partial charge in [-0.3, -0.25) is 10.1 Å². The Balaban J connectivity index is 2.33. The molecule has 4 nitrogen and oxygen atoms in total. The quantitative estimate of drug-likeness (QED) is 0.643. The van der Waals surface area contributed by atoms with Crippen molar-refractivity contribution in [2.45, 2.75) is 19.9 Å². The fraction of sp³-hybridized carbons (Fsp3) is 0.231. The molecule has 0 bridgehead atoms. The van der Waals surface area contributed by atoms with Gasteiger partial charge in [0.25, 0.3) is 5.69 Å². The van der Waals surface area contributed by atoms with E-state index in [4.69, 9.17) is 11.6 Å². The van der Waals surface area contributed by atoms with Crippen LogP contribution in [0.1, 0.15) is 22.7 Å². The highest BCUT2D eigenvalue weighted by atomic mass is 35.5. The second-order valence-electron chi connectivity index (χ2n) is 4.36. The maximum absolute atomic E-state index is 13.3. The van der Waals surface area contributed by atoms with Gasteiger partial charge in [0.1, 0.15) is 11.5 Å². The summed E-state index contributed by atoms with van der Waals surface area (Å²) >= 11 is 7.29. The van der Waals surface area contributed by atoms with Gasteiger partial charge in [0.05, 0.1) is 22.1 Å². The van der Waals surface area contributed by atoms with Crippen LogP contribution in [0.15, 0.2) is 24.3 Å². The van der Waals surface area contributed by atoms with E-state index in [2.05, 4.69) is 5.32 Å². The smallest absolute Gasteiger partial charge is 0.295 e. The lowest BCUT2D eigenvalue weighted by atomic mass is 10.2. The average Bonchev–Trinajstić information content (AvgIpc) is 2.80. The number of anilines is 1. The molecule has 1 unspecified atom stereocenters. The Labute approximate surface area is 124 Å². The number of nitrogens with one attached hydrogen (secondary N) is 1. The van der Waals surface area contributed by atoms with Crippen LogP contribution in [0.5, 0.6) is 0 Å². The van der Waals surface area contributed by atoms with Gasteiger partial charge < -0.3 is 5.32 Å². The van der Waals surface area contributed by atoms with E-state index in [0.29, 0.717) is 0 Å². The van der Waals surface area contributed by atoms with Gasteiger partial charge in [0, 0.05) is 9.75 Å². The summed E-state index contributed by atoms with van der Waals surface area (Å²) in [4.78, 5) is 12.5. The number of nitro benzene ring substituents is 1. The minimum absolute atomic E-state index is 0.131. The van der Waals surface area contributed by atoms with E-state index in [1.807, 2.05) is 26.0 Å². The molecule has 2 rings (SSSR count). The van der Waals surface area contributed by atoms with Crippen LogP contribution < -0.4 is 5.32 Å². The van der Waals surface area contributed by atoms with Crippen molar-refractivity contribution in [1.29, 1.82) is 0 Å². The maximum Gasteiger partial charge on any atom is 0.295 e. The summed E-state index contributed by atoms with van der Waals surface area (Å²) in [5.41, 5.74) is -0.119. The minimum Gasteiger partial charge on any atom is -0.372 e. The number of rotatable bonds is 4. The number of nitrogens with zero attached hydrogens (tertiary/aromatic N) is 1. The van der Waals surface area contributed by atoms with E-state index >= 15 is 0 Å². The molecule has 1 heterocycles. The van der Waals surface area contributed by atoms with Gasteiger partial charge in [0.2, 0.25) is 0 Å². The van der Waals surface area contributed by atoms with Crippen molar-refractivity contribution in [2.75, 3.05) is 5.32 Å². The van der Waals surface area contributed by atoms with Crippen molar-refractivity contribution >= 4 is 34.3 Å². The lowest BCUT2D eigenvalue weighted by molar-refractivity contribution is -0.384. The van der Waals surface area contributed by atoms with Gasteiger partial charge >= 0.3 is 0 Å². The van der Waals surface area contributed by atoms with E-state index in [1.165, 1.54) is 6.07 Å². The second kappa shape index (κ2) is 5.76. The van der Waals surface area contributed by atoms with Crippen LogP contribution in [0.3, 0.4) is 0 Å². The topological polar surface area (TPSA) is 55.2 Å². The lowest BCUT2D eigenvalue weighted by Crippen LogP contribution is -2.07. The van der Waals surface area contributed by atoms with Crippen LogP contribution >= 0.6 is 22.9 Å². The zero-order valence-corrected chi connectivity index (χ0v) is 12.4. The van der Waals surface area contributed by atoms with Crippen LogP contribution in [-0.4, -0.2) is 4.92 Å². The summed E-state index contributed by atoms with van der Waals surface area (Å²) in [7, 11) is 0. The first kappa shape index (κ1) is 14.7. The molecule has 7 heteroatoms. The van der Waals surface area contributed by atoms with Crippen LogP contribution in [-0.2, 0) is 0 Å². The molecule has 106 valence electrons. The van der Waals surface area contributed by atoms with Crippen molar-refractivity contribution in [3.05, 3.63) is 55.0 Å². The Hall–Kier alpha value is -1.66. The maximum atomic E-state index is 13.3. The molecular formula is C13H12ClFN2O2S. The van der Waals surface area contributed by atoms with Crippen LogP contribution in [0, 0.1) is 22.9 Å². The first-order chi connectivity index (χ1) is 9.38. The molecule has 0 fully saturated rings. The van der Waals surface area contributed by atoms with Crippen molar-refractivity contribution in [3.63, 3.8) is 0 Å². The molecule has 0 aliphatic heterocycles. The normalized spacial score (nSPS) is 12.2. The molecule has 0 amide bonds. The predicted molar refractivity (Wildman–Crippen MR) is 79.2 cm³/mol. The van der Waals surface area contributed by atoms with Crippen LogP contribution in [0.4, 0.5) is 15.8 Å². The second-order valence-corrected chi connectivity index (χ2v) is 6.08. The summed E-state index contributed by atoms with van der Waals surface area (Å²) in [6.45, 7) is 3.87. The number of nitro groups is 1. The monoisotopic (exact) mass is 314 g/mol. The highest BCUT2D eigenvalue weighted by Gasteiger charge is 2.20. The molecule has 1 aromatic heterocycles. The Kier molecular flexibility index (Phi) is 4.25. The van der Waals surface area contributed by atoms with Crippen LogP contribution in [0.25, 0.3) is 0 Å².